The van der Waals surface area contributed by atoms with Gasteiger partial charge in [0.25, 0.3) is 5.91 Å². The maximum atomic E-state index is 13.5. The summed E-state index contributed by atoms with van der Waals surface area (Å²) < 4.78 is 13.5. The highest BCUT2D eigenvalue weighted by Crippen LogP contribution is 2.12. The molecule has 0 aliphatic rings. The lowest BCUT2D eigenvalue weighted by molar-refractivity contribution is 0.0958. The molecular weight excluding hydrogens is 233 g/mol. The summed E-state index contributed by atoms with van der Waals surface area (Å²) in [6, 6.07) is 7.97. The molecule has 0 bridgehead atoms. The smallest absolute Gasteiger partial charge is 0.272 e. The Kier molecular flexibility index (Phi) is 3.52. The number of anilines is 1. The molecule has 0 aliphatic carbocycles. The molecule has 92 valence electrons. The topological polar surface area (TPSA) is 54.0 Å². The second-order valence-electron chi connectivity index (χ2n) is 3.75. The average molecular weight is 245 g/mol. The zero-order valence-electron chi connectivity index (χ0n) is 9.77. The molecule has 1 aromatic carbocycles. The lowest BCUT2D eigenvalue weighted by Crippen LogP contribution is -2.30. The van der Waals surface area contributed by atoms with Gasteiger partial charge in [0.05, 0.1) is 17.4 Å². The number of carbonyl (C=O) groups is 1. The monoisotopic (exact) mass is 245 g/mol. The average Bonchev–Trinajstić information content (AvgIpc) is 2.37. The van der Waals surface area contributed by atoms with Crippen LogP contribution in [0.3, 0.4) is 0 Å². The van der Waals surface area contributed by atoms with Crippen molar-refractivity contribution in [3.8, 4) is 0 Å². The van der Waals surface area contributed by atoms with Crippen LogP contribution in [0, 0.1) is 12.7 Å². The molecule has 1 aromatic heterocycles. The molecule has 1 amide bonds. The molecular formula is C13H12FN3O. The Morgan fingerprint density at radius 2 is 2.11 bits per heavy atom. The summed E-state index contributed by atoms with van der Waals surface area (Å²) in [7, 11) is 0. The van der Waals surface area contributed by atoms with Crippen LogP contribution in [0.25, 0.3) is 0 Å². The number of nitrogens with one attached hydrogen (secondary N) is 2. The molecule has 18 heavy (non-hydrogen) atoms. The summed E-state index contributed by atoms with van der Waals surface area (Å²) in [5.74, 6) is -1.06. The number of hydrazine groups is 1. The molecule has 2 N–H and O–H groups in total. The Bertz CT molecular complexity index is 537. The fourth-order valence-electron chi connectivity index (χ4n) is 1.55. The van der Waals surface area contributed by atoms with Crippen molar-refractivity contribution in [3.63, 3.8) is 0 Å². The molecule has 0 aliphatic heterocycles. The molecule has 0 spiro atoms. The van der Waals surface area contributed by atoms with Crippen molar-refractivity contribution >= 4 is 11.6 Å². The third-order valence-corrected chi connectivity index (χ3v) is 2.43. The van der Waals surface area contributed by atoms with E-state index in [-0.39, 0.29) is 5.56 Å². The molecule has 5 heteroatoms. The second-order valence-corrected chi connectivity index (χ2v) is 3.75. The number of halogens is 1. The quantitative estimate of drug-likeness (QED) is 0.816. The number of carbonyl (C=O) groups excluding carboxylic acids is 1. The molecule has 0 saturated carbocycles. The Balaban J connectivity index is 2.09. The molecule has 0 radical (unpaired) electrons. The van der Waals surface area contributed by atoms with Gasteiger partial charge in [0.15, 0.2) is 0 Å². The zero-order chi connectivity index (χ0) is 13.0. The molecule has 2 aromatic rings. The van der Waals surface area contributed by atoms with Gasteiger partial charge in [0.2, 0.25) is 0 Å². The highest BCUT2D eigenvalue weighted by molar-refractivity contribution is 5.96. The summed E-state index contributed by atoms with van der Waals surface area (Å²) in [5.41, 5.74) is 6.34. The highest BCUT2D eigenvalue weighted by Gasteiger charge is 2.13. The van der Waals surface area contributed by atoms with Gasteiger partial charge in [-0.2, -0.15) is 0 Å². The molecule has 0 unspecified atom stereocenters. The first kappa shape index (κ1) is 12.0. The highest BCUT2D eigenvalue weighted by atomic mass is 19.1. The third-order valence-electron chi connectivity index (χ3n) is 2.43. The SMILES string of the molecule is Cc1cccc(F)c1C(=O)NNc1cccnc1. The third kappa shape index (κ3) is 2.63. The first-order valence-corrected chi connectivity index (χ1v) is 5.40. The lowest BCUT2D eigenvalue weighted by Gasteiger charge is -2.10. The minimum absolute atomic E-state index is 0.0360. The van der Waals surface area contributed by atoms with E-state index in [1.807, 2.05) is 0 Å². The van der Waals surface area contributed by atoms with E-state index in [4.69, 9.17) is 0 Å². The predicted molar refractivity (Wildman–Crippen MR) is 66.5 cm³/mol. The lowest BCUT2D eigenvalue weighted by atomic mass is 10.1. The van der Waals surface area contributed by atoms with Crippen LogP contribution in [0.15, 0.2) is 42.7 Å². The van der Waals surface area contributed by atoms with Crippen molar-refractivity contribution in [1.29, 1.82) is 0 Å². The van der Waals surface area contributed by atoms with Gasteiger partial charge in [-0.05, 0) is 30.7 Å². The van der Waals surface area contributed by atoms with Crippen LogP contribution in [0.4, 0.5) is 10.1 Å². The largest absolute Gasteiger partial charge is 0.297 e. The van der Waals surface area contributed by atoms with Crippen molar-refractivity contribution < 1.29 is 9.18 Å². The van der Waals surface area contributed by atoms with E-state index in [0.717, 1.165) is 0 Å². The van der Waals surface area contributed by atoms with Crippen molar-refractivity contribution in [3.05, 3.63) is 59.7 Å². The molecule has 0 saturated heterocycles. The van der Waals surface area contributed by atoms with Crippen LogP contribution in [-0.2, 0) is 0 Å². The summed E-state index contributed by atoms with van der Waals surface area (Å²) in [6.45, 7) is 1.68. The van der Waals surface area contributed by atoms with Gasteiger partial charge in [0, 0.05) is 6.20 Å². The Morgan fingerprint density at radius 3 is 2.78 bits per heavy atom. The summed E-state index contributed by atoms with van der Waals surface area (Å²) >= 11 is 0. The van der Waals surface area contributed by atoms with Crippen LogP contribution in [-0.4, -0.2) is 10.9 Å². The van der Waals surface area contributed by atoms with E-state index in [1.54, 1.807) is 43.6 Å². The second kappa shape index (κ2) is 5.27. The van der Waals surface area contributed by atoms with Crippen LogP contribution in [0.2, 0.25) is 0 Å². The molecule has 0 atom stereocenters. The molecule has 2 rings (SSSR count). The maximum absolute atomic E-state index is 13.5. The van der Waals surface area contributed by atoms with E-state index in [2.05, 4.69) is 15.8 Å². The van der Waals surface area contributed by atoms with Gasteiger partial charge in [-0.15, -0.1) is 0 Å². The van der Waals surface area contributed by atoms with Gasteiger partial charge in [-0.1, -0.05) is 12.1 Å². The van der Waals surface area contributed by atoms with Gasteiger partial charge >= 0.3 is 0 Å². The number of nitrogens with zero attached hydrogens (tertiary/aromatic N) is 1. The first-order valence-electron chi connectivity index (χ1n) is 5.40. The first-order chi connectivity index (χ1) is 8.68. The molecule has 4 nitrogen and oxygen atoms in total. The number of aromatic nitrogens is 1. The van der Waals surface area contributed by atoms with Crippen LogP contribution in [0.5, 0.6) is 0 Å². The number of aryl methyl sites for hydroxylation is 1. The van der Waals surface area contributed by atoms with Crippen LogP contribution in [0.1, 0.15) is 15.9 Å². The fraction of sp³-hybridized carbons (Fsp3) is 0.0769. The number of rotatable bonds is 3. The van der Waals surface area contributed by atoms with E-state index < -0.39 is 11.7 Å². The van der Waals surface area contributed by atoms with Gasteiger partial charge < -0.3 is 0 Å². The zero-order valence-corrected chi connectivity index (χ0v) is 9.77. The van der Waals surface area contributed by atoms with Gasteiger partial charge in [0.1, 0.15) is 5.82 Å². The predicted octanol–water partition coefficient (Wildman–Crippen LogP) is 2.29. The van der Waals surface area contributed by atoms with Gasteiger partial charge in [-0.25, -0.2) is 4.39 Å². The van der Waals surface area contributed by atoms with Crippen LogP contribution >= 0.6 is 0 Å². The van der Waals surface area contributed by atoms with Crippen molar-refractivity contribution in [2.75, 3.05) is 5.43 Å². The van der Waals surface area contributed by atoms with Crippen LogP contribution < -0.4 is 10.9 Å². The van der Waals surface area contributed by atoms with E-state index in [1.165, 1.54) is 6.07 Å². The molecule has 0 fully saturated rings. The van der Waals surface area contributed by atoms with Gasteiger partial charge in [-0.3, -0.25) is 20.6 Å². The number of amides is 1. The van der Waals surface area contributed by atoms with E-state index in [0.29, 0.717) is 11.3 Å². The van der Waals surface area contributed by atoms with E-state index in [9.17, 15) is 9.18 Å². The number of hydrogen-bond acceptors (Lipinski definition) is 3. The summed E-state index contributed by atoms with van der Waals surface area (Å²) in [5, 5.41) is 0. The fourth-order valence-corrected chi connectivity index (χ4v) is 1.55. The Hall–Kier alpha value is -2.43. The Morgan fingerprint density at radius 1 is 1.28 bits per heavy atom. The minimum atomic E-state index is -0.541. The van der Waals surface area contributed by atoms with Crippen molar-refractivity contribution in [2.24, 2.45) is 0 Å². The standard InChI is InChI=1S/C13H12FN3O/c1-9-4-2-6-11(14)12(9)13(18)17-16-10-5-3-7-15-8-10/h2-8,16H,1H3,(H,17,18). The normalized spacial score (nSPS) is 9.89. The maximum Gasteiger partial charge on any atom is 0.272 e. The number of benzene rings is 1. The number of pyridine rings is 1. The summed E-state index contributed by atoms with van der Waals surface area (Å²) in [4.78, 5) is 15.7. The Labute approximate surface area is 104 Å². The number of hydrogen-bond donors (Lipinski definition) is 2. The van der Waals surface area contributed by atoms with E-state index >= 15 is 0 Å². The minimum Gasteiger partial charge on any atom is -0.297 e. The van der Waals surface area contributed by atoms with Crippen molar-refractivity contribution in [1.82, 2.24) is 10.4 Å². The molecule has 1 heterocycles. The van der Waals surface area contributed by atoms with Crippen molar-refractivity contribution in [2.45, 2.75) is 6.92 Å². The summed E-state index contributed by atoms with van der Waals surface area (Å²) in [6.07, 6.45) is 3.17.